The van der Waals surface area contributed by atoms with Gasteiger partial charge in [0.15, 0.2) is 0 Å². The minimum Gasteiger partial charge on any atom is -0.342 e. The average molecular weight is 292 g/mol. The molecule has 1 aliphatic carbocycles. The maximum atomic E-state index is 12.4. The number of amides is 1. The van der Waals surface area contributed by atoms with E-state index in [1.807, 2.05) is 23.3 Å². The summed E-state index contributed by atoms with van der Waals surface area (Å²) in [6.45, 7) is 2.56. The predicted octanol–water partition coefficient (Wildman–Crippen LogP) is 2.90. The molecule has 1 fully saturated rings. The highest BCUT2D eigenvalue weighted by Crippen LogP contribution is 2.25. The second-order valence-electron chi connectivity index (χ2n) is 6.13. The summed E-state index contributed by atoms with van der Waals surface area (Å²) in [5.41, 5.74) is 1.43. The molecule has 2 heterocycles. The second kappa shape index (κ2) is 6.27. The molecule has 110 valence electrons. The highest BCUT2D eigenvalue weighted by molar-refractivity contribution is 7.10. The van der Waals surface area contributed by atoms with Gasteiger partial charge >= 0.3 is 0 Å². The standard InChI is InChI=1S/C16H24N2OS/c1-17(14-5-3-2-4-6-14)16(19)12-18-9-7-15-13(11-18)8-10-20-15/h8,10,14H,2-7,9,11-12H2,1H3. The molecule has 0 bridgehead atoms. The van der Waals surface area contributed by atoms with Gasteiger partial charge in [-0.05, 0) is 36.3 Å². The zero-order valence-corrected chi connectivity index (χ0v) is 13.1. The Balaban J connectivity index is 1.54. The summed E-state index contributed by atoms with van der Waals surface area (Å²) in [7, 11) is 2.00. The Morgan fingerprint density at radius 3 is 3.00 bits per heavy atom. The highest BCUT2D eigenvalue weighted by Gasteiger charge is 2.25. The maximum absolute atomic E-state index is 12.4. The van der Waals surface area contributed by atoms with Crippen molar-refractivity contribution in [1.82, 2.24) is 9.80 Å². The molecule has 0 spiro atoms. The molecular weight excluding hydrogens is 268 g/mol. The zero-order chi connectivity index (χ0) is 13.9. The molecule has 0 radical (unpaired) electrons. The Labute approximate surface area is 125 Å². The van der Waals surface area contributed by atoms with Crippen LogP contribution in [0.3, 0.4) is 0 Å². The molecule has 20 heavy (non-hydrogen) atoms. The monoisotopic (exact) mass is 292 g/mol. The van der Waals surface area contributed by atoms with Gasteiger partial charge < -0.3 is 4.90 Å². The van der Waals surface area contributed by atoms with Crippen LogP contribution in [0, 0.1) is 0 Å². The van der Waals surface area contributed by atoms with Crippen molar-refractivity contribution in [2.24, 2.45) is 0 Å². The van der Waals surface area contributed by atoms with E-state index in [0.717, 1.165) is 19.5 Å². The van der Waals surface area contributed by atoms with Crippen LogP contribution in [0.1, 0.15) is 42.5 Å². The molecule has 0 unspecified atom stereocenters. The van der Waals surface area contributed by atoms with E-state index in [-0.39, 0.29) is 0 Å². The molecule has 1 aromatic rings. The van der Waals surface area contributed by atoms with E-state index >= 15 is 0 Å². The van der Waals surface area contributed by atoms with E-state index in [2.05, 4.69) is 16.3 Å². The molecule has 4 heteroatoms. The van der Waals surface area contributed by atoms with Gasteiger partial charge in [-0.15, -0.1) is 11.3 Å². The van der Waals surface area contributed by atoms with Crippen LogP contribution >= 0.6 is 11.3 Å². The van der Waals surface area contributed by atoms with Crippen molar-refractivity contribution < 1.29 is 4.79 Å². The van der Waals surface area contributed by atoms with Crippen molar-refractivity contribution in [2.75, 3.05) is 20.1 Å². The predicted molar refractivity (Wildman–Crippen MR) is 82.9 cm³/mol. The van der Waals surface area contributed by atoms with Crippen LogP contribution in [0.5, 0.6) is 0 Å². The summed E-state index contributed by atoms with van der Waals surface area (Å²) < 4.78 is 0. The van der Waals surface area contributed by atoms with Crippen LogP contribution in [-0.2, 0) is 17.8 Å². The first kappa shape index (κ1) is 14.1. The quantitative estimate of drug-likeness (QED) is 0.855. The van der Waals surface area contributed by atoms with E-state index in [0.29, 0.717) is 18.5 Å². The Kier molecular flexibility index (Phi) is 4.41. The minimum absolute atomic E-state index is 0.301. The van der Waals surface area contributed by atoms with E-state index < -0.39 is 0 Å². The summed E-state index contributed by atoms with van der Waals surface area (Å²) in [6.07, 6.45) is 7.39. The van der Waals surface area contributed by atoms with E-state index in [1.54, 1.807) is 0 Å². The summed E-state index contributed by atoms with van der Waals surface area (Å²) in [5.74, 6) is 0.301. The lowest BCUT2D eigenvalue weighted by atomic mass is 9.94. The first-order valence-electron chi connectivity index (χ1n) is 7.77. The van der Waals surface area contributed by atoms with Gasteiger partial charge in [0.05, 0.1) is 6.54 Å². The molecular formula is C16H24N2OS. The van der Waals surface area contributed by atoms with Gasteiger partial charge in [-0.2, -0.15) is 0 Å². The van der Waals surface area contributed by atoms with Crippen LogP contribution in [0.25, 0.3) is 0 Å². The molecule has 1 aromatic heterocycles. The van der Waals surface area contributed by atoms with Crippen LogP contribution in [0.2, 0.25) is 0 Å². The minimum atomic E-state index is 0.301. The summed E-state index contributed by atoms with van der Waals surface area (Å²) >= 11 is 1.85. The third-order valence-corrected chi connectivity index (χ3v) is 5.78. The molecule has 2 aliphatic rings. The van der Waals surface area contributed by atoms with Gasteiger partial charge in [0.2, 0.25) is 5.91 Å². The molecule has 1 saturated carbocycles. The van der Waals surface area contributed by atoms with Crippen LogP contribution in [-0.4, -0.2) is 41.9 Å². The molecule has 0 N–H and O–H groups in total. The Morgan fingerprint density at radius 1 is 1.40 bits per heavy atom. The zero-order valence-electron chi connectivity index (χ0n) is 12.3. The molecule has 3 rings (SSSR count). The van der Waals surface area contributed by atoms with Crippen LogP contribution in [0.15, 0.2) is 11.4 Å². The summed E-state index contributed by atoms with van der Waals surface area (Å²) in [5, 5.41) is 2.17. The largest absolute Gasteiger partial charge is 0.342 e. The number of thiophene rings is 1. The molecule has 1 aliphatic heterocycles. The average Bonchev–Trinajstić information content (AvgIpc) is 2.95. The molecule has 0 atom stereocenters. The third kappa shape index (κ3) is 3.07. The summed E-state index contributed by atoms with van der Waals surface area (Å²) in [4.78, 5) is 18.3. The number of hydrogen-bond donors (Lipinski definition) is 0. The van der Waals surface area contributed by atoms with Gasteiger partial charge in [0, 0.05) is 31.1 Å². The fraction of sp³-hybridized carbons (Fsp3) is 0.688. The van der Waals surface area contributed by atoms with Crippen LogP contribution in [0.4, 0.5) is 0 Å². The van der Waals surface area contributed by atoms with Crippen molar-refractivity contribution in [3.8, 4) is 0 Å². The smallest absolute Gasteiger partial charge is 0.236 e. The van der Waals surface area contributed by atoms with Gasteiger partial charge in [0.25, 0.3) is 0 Å². The topological polar surface area (TPSA) is 23.6 Å². The summed E-state index contributed by atoms with van der Waals surface area (Å²) in [6, 6.07) is 2.69. The number of carbonyl (C=O) groups excluding carboxylic acids is 1. The van der Waals surface area contributed by atoms with Gasteiger partial charge in [-0.3, -0.25) is 9.69 Å². The second-order valence-corrected chi connectivity index (χ2v) is 7.13. The lowest BCUT2D eigenvalue weighted by Gasteiger charge is -2.34. The highest BCUT2D eigenvalue weighted by atomic mass is 32.1. The first-order chi connectivity index (χ1) is 9.74. The molecule has 0 aromatic carbocycles. The van der Waals surface area contributed by atoms with Gasteiger partial charge in [-0.25, -0.2) is 0 Å². The Morgan fingerprint density at radius 2 is 2.20 bits per heavy atom. The Bertz CT molecular complexity index is 465. The van der Waals surface area contributed by atoms with Crippen molar-refractivity contribution in [3.05, 3.63) is 21.9 Å². The maximum Gasteiger partial charge on any atom is 0.236 e. The number of rotatable bonds is 3. The number of likely N-dealkylation sites (N-methyl/N-ethyl adjacent to an activating group) is 1. The van der Waals surface area contributed by atoms with Crippen molar-refractivity contribution >= 4 is 17.2 Å². The van der Waals surface area contributed by atoms with Crippen molar-refractivity contribution in [3.63, 3.8) is 0 Å². The van der Waals surface area contributed by atoms with Gasteiger partial charge in [-0.1, -0.05) is 19.3 Å². The molecule has 1 amide bonds. The number of fused-ring (bicyclic) bond motifs is 1. The van der Waals surface area contributed by atoms with Crippen molar-refractivity contribution in [2.45, 2.75) is 51.1 Å². The van der Waals surface area contributed by atoms with Crippen molar-refractivity contribution in [1.29, 1.82) is 0 Å². The fourth-order valence-electron chi connectivity index (χ4n) is 3.42. The van der Waals surface area contributed by atoms with Crippen LogP contribution < -0.4 is 0 Å². The number of carbonyl (C=O) groups is 1. The number of hydrogen-bond acceptors (Lipinski definition) is 3. The van der Waals surface area contributed by atoms with E-state index in [1.165, 1.54) is 42.5 Å². The first-order valence-corrected chi connectivity index (χ1v) is 8.65. The lowest BCUT2D eigenvalue weighted by Crippen LogP contribution is -2.45. The normalized spacial score (nSPS) is 20.6. The van der Waals surface area contributed by atoms with E-state index in [9.17, 15) is 4.79 Å². The molecule has 3 nitrogen and oxygen atoms in total. The molecule has 0 saturated heterocycles. The van der Waals surface area contributed by atoms with Gasteiger partial charge in [0.1, 0.15) is 0 Å². The fourth-order valence-corrected chi connectivity index (χ4v) is 4.31. The Hall–Kier alpha value is -0.870. The SMILES string of the molecule is CN(C(=O)CN1CCc2sccc2C1)C1CCCCC1. The van der Waals surface area contributed by atoms with E-state index in [4.69, 9.17) is 0 Å². The number of nitrogens with zero attached hydrogens (tertiary/aromatic N) is 2. The third-order valence-electron chi connectivity index (χ3n) is 4.76. The lowest BCUT2D eigenvalue weighted by molar-refractivity contribution is -0.134.